The van der Waals surface area contributed by atoms with E-state index in [1.54, 1.807) is 0 Å². The lowest BCUT2D eigenvalue weighted by atomic mass is 9.85. The van der Waals surface area contributed by atoms with Crippen LogP contribution in [0.2, 0.25) is 0 Å². The van der Waals surface area contributed by atoms with Gasteiger partial charge in [0.15, 0.2) is 0 Å². The Balaban J connectivity index is 1.84. The zero-order valence-electron chi connectivity index (χ0n) is 10.2. The normalized spacial score (nSPS) is 29.6. The van der Waals surface area contributed by atoms with Gasteiger partial charge in [-0.05, 0) is 51.2 Å². The summed E-state index contributed by atoms with van der Waals surface area (Å²) >= 11 is 2.12. The van der Waals surface area contributed by atoms with E-state index in [0.717, 1.165) is 12.0 Å². The van der Waals surface area contributed by atoms with Crippen LogP contribution in [0.5, 0.6) is 0 Å². The lowest BCUT2D eigenvalue weighted by Crippen LogP contribution is -2.51. The Morgan fingerprint density at radius 2 is 1.80 bits per heavy atom. The number of hydrogen-bond donors (Lipinski definition) is 1. The molecule has 0 radical (unpaired) electrons. The SMILES string of the molecule is CC(C)(NC1CCCSC1)C1CCCC1. The van der Waals surface area contributed by atoms with Crippen LogP contribution in [0.4, 0.5) is 0 Å². The van der Waals surface area contributed by atoms with E-state index in [1.807, 2.05) is 0 Å². The second-order valence-corrected chi connectivity index (χ2v) is 6.91. The van der Waals surface area contributed by atoms with Gasteiger partial charge in [-0.3, -0.25) is 0 Å². The molecule has 15 heavy (non-hydrogen) atoms. The third-order valence-electron chi connectivity index (χ3n) is 4.11. The molecule has 1 aliphatic carbocycles. The van der Waals surface area contributed by atoms with E-state index in [0.29, 0.717) is 5.54 Å². The standard InChI is InChI=1S/C13H25NS/c1-13(2,11-6-3-4-7-11)14-12-8-5-9-15-10-12/h11-12,14H,3-10H2,1-2H3. The molecular formula is C13H25NS. The number of hydrogen-bond acceptors (Lipinski definition) is 2. The highest BCUT2D eigenvalue weighted by Crippen LogP contribution is 2.34. The Morgan fingerprint density at radius 1 is 1.07 bits per heavy atom. The Kier molecular flexibility index (Phi) is 4.00. The largest absolute Gasteiger partial charge is 0.308 e. The zero-order chi connectivity index (χ0) is 10.7. The molecule has 2 rings (SSSR count). The van der Waals surface area contributed by atoms with Gasteiger partial charge in [-0.15, -0.1) is 0 Å². The van der Waals surface area contributed by atoms with Crippen molar-refractivity contribution >= 4 is 11.8 Å². The molecule has 1 atom stereocenters. The second-order valence-electron chi connectivity index (χ2n) is 5.76. The first kappa shape index (κ1) is 11.8. The molecule has 0 spiro atoms. The minimum Gasteiger partial charge on any atom is -0.308 e. The fraction of sp³-hybridized carbons (Fsp3) is 1.00. The Morgan fingerprint density at radius 3 is 2.40 bits per heavy atom. The van der Waals surface area contributed by atoms with E-state index < -0.39 is 0 Å². The molecule has 0 aromatic rings. The molecule has 2 aliphatic rings. The Hall–Kier alpha value is 0.310. The highest BCUT2D eigenvalue weighted by atomic mass is 32.2. The van der Waals surface area contributed by atoms with E-state index in [1.165, 1.54) is 50.0 Å². The highest BCUT2D eigenvalue weighted by Gasteiger charge is 2.33. The maximum absolute atomic E-state index is 3.92. The van der Waals surface area contributed by atoms with Gasteiger partial charge in [-0.25, -0.2) is 0 Å². The van der Waals surface area contributed by atoms with Crippen molar-refractivity contribution in [1.29, 1.82) is 0 Å². The van der Waals surface area contributed by atoms with E-state index in [4.69, 9.17) is 0 Å². The topological polar surface area (TPSA) is 12.0 Å². The average molecular weight is 227 g/mol. The molecule has 1 aliphatic heterocycles. The van der Waals surface area contributed by atoms with Crippen LogP contribution in [0.1, 0.15) is 52.4 Å². The number of rotatable bonds is 3. The molecule has 1 unspecified atom stereocenters. The predicted octanol–water partition coefficient (Wildman–Crippen LogP) is 3.44. The van der Waals surface area contributed by atoms with Crippen LogP contribution in [0.25, 0.3) is 0 Å². The van der Waals surface area contributed by atoms with Crippen molar-refractivity contribution < 1.29 is 0 Å². The molecule has 0 aromatic carbocycles. The number of thioether (sulfide) groups is 1. The third kappa shape index (κ3) is 3.13. The Labute approximate surface area is 98.8 Å². The minimum absolute atomic E-state index is 0.374. The van der Waals surface area contributed by atoms with E-state index in [2.05, 4.69) is 30.9 Å². The van der Waals surface area contributed by atoms with Crippen LogP contribution in [0.15, 0.2) is 0 Å². The highest BCUT2D eigenvalue weighted by molar-refractivity contribution is 7.99. The van der Waals surface area contributed by atoms with Gasteiger partial charge in [-0.1, -0.05) is 12.8 Å². The molecule has 1 saturated carbocycles. The van der Waals surface area contributed by atoms with Gasteiger partial charge in [0.2, 0.25) is 0 Å². The second kappa shape index (κ2) is 5.09. The first-order valence-corrected chi connectivity index (χ1v) is 7.69. The molecule has 2 heteroatoms. The van der Waals surface area contributed by atoms with E-state index in [-0.39, 0.29) is 0 Å². The molecule has 1 heterocycles. The van der Waals surface area contributed by atoms with Gasteiger partial charge < -0.3 is 5.32 Å². The van der Waals surface area contributed by atoms with Crippen molar-refractivity contribution in [2.45, 2.75) is 64.0 Å². The molecule has 1 nitrogen and oxygen atoms in total. The van der Waals surface area contributed by atoms with Crippen LogP contribution < -0.4 is 5.32 Å². The average Bonchev–Trinajstić information content (AvgIpc) is 2.71. The van der Waals surface area contributed by atoms with E-state index in [9.17, 15) is 0 Å². The van der Waals surface area contributed by atoms with Gasteiger partial charge in [0.05, 0.1) is 0 Å². The summed E-state index contributed by atoms with van der Waals surface area (Å²) in [5, 5.41) is 3.92. The molecule has 1 saturated heterocycles. The van der Waals surface area contributed by atoms with Crippen LogP contribution in [0, 0.1) is 5.92 Å². The molecule has 0 aromatic heterocycles. The monoisotopic (exact) mass is 227 g/mol. The maximum atomic E-state index is 3.92. The lowest BCUT2D eigenvalue weighted by molar-refractivity contribution is 0.229. The first-order valence-electron chi connectivity index (χ1n) is 6.54. The van der Waals surface area contributed by atoms with Crippen molar-refractivity contribution in [3.8, 4) is 0 Å². The molecule has 1 N–H and O–H groups in total. The fourth-order valence-corrected chi connectivity index (χ4v) is 4.22. The summed E-state index contributed by atoms with van der Waals surface area (Å²) in [7, 11) is 0. The minimum atomic E-state index is 0.374. The predicted molar refractivity (Wildman–Crippen MR) is 69.5 cm³/mol. The summed E-state index contributed by atoms with van der Waals surface area (Å²) < 4.78 is 0. The molecular weight excluding hydrogens is 202 g/mol. The van der Waals surface area contributed by atoms with Crippen LogP contribution in [0.3, 0.4) is 0 Å². The zero-order valence-corrected chi connectivity index (χ0v) is 11.0. The lowest BCUT2D eigenvalue weighted by Gasteiger charge is -2.38. The fourth-order valence-electron chi connectivity index (χ4n) is 3.15. The van der Waals surface area contributed by atoms with Crippen LogP contribution in [-0.2, 0) is 0 Å². The van der Waals surface area contributed by atoms with E-state index >= 15 is 0 Å². The summed E-state index contributed by atoms with van der Waals surface area (Å²) in [6.07, 6.45) is 8.59. The van der Waals surface area contributed by atoms with Crippen molar-refractivity contribution in [1.82, 2.24) is 5.32 Å². The van der Waals surface area contributed by atoms with Crippen molar-refractivity contribution in [2.24, 2.45) is 5.92 Å². The van der Waals surface area contributed by atoms with Crippen molar-refractivity contribution in [3.05, 3.63) is 0 Å². The smallest absolute Gasteiger partial charge is 0.0163 e. The van der Waals surface area contributed by atoms with Crippen molar-refractivity contribution in [3.63, 3.8) is 0 Å². The summed E-state index contributed by atoms with van der Waals surface area (Å²) in [5.74, 6) is 3.63. The summed E-state index contributed by atoms with van der Waals surface area (Å²) in [5.41, 5.74) is 0.374. The van der Waals surface area contributed by atoms with Crippen molar-refractivity contribution in [2.75, 3.05) is 11.5 Å². The summed E-state index contributed by atoms with van der Waals surface area (Å²) in [6.45, 7) is 4.84. The molecule has 0 amide bonds. The Bertz CT molecular complexity index is 191. The summed E-state index contributed by atoms with van der Waals surface area (Å²) in [6, 6.07) is 0.777. The van der Waals surface area contributed by atoms with Crippen LogP contribution >= 0.6 is 11.8 Å². The quantitative estimate of drug-likeness (QED) is 0.792. The molecule has 0 bridgehead atoms. The van der Waals surface area contributed by atoms with Gasteiger partial charge >= 0.3 is 0 Å². The molecule has 88 valence electrons. The summed E-state index contributed by atoms with van der Waals surface area (Å²) in [4.78, 5) is 0. The number of nitrogens with one attached hydrogen (secondary N) is 1. The van der Waals surface area contributed by atoms with Crippen LogP contribution in [-0.4, -0.2) is 23.1 Å². The third-order valence-corrected chi connectivity index (χ3v) is 5.33. The van der Waals surface area contributed by atoms with Gasteiger partial charge in [0.25, 0.3) is 0 Å². The molecule has 2 fully saturated rings. The first-order chi connectivity index (χ1) is 7.18. The van der Waals surface area contributed by atoms with Gasteiger partial charge in [-0.2, -0.15) is 11.8 Å². The van der Waals surface area contributed by atoms with Gasteiger partial charge in [0.1, 0.15) is 0 Å². The maximum Gasteiger partial charge on any atom is 0.0163 e. The van der Waals surface area contributed by atoms with Gasteiger partial charge in [0, 0.05) is 17.3 Å².